The molecule has 1 aliphatic carbocycles. The van der Waals surface area contributed by atoms with Crippen molar-refractivity contribution >= 4 is 32.4 Å². The molecule has 0 fully saturated rings. The summed E-state index contributed by atoms with van der Waals surface area (Å²) >= 11 is 0. The van der Waals surface area contributed by atoms with Crippen LogP contribution >= 0.6 is 0 Å². The van der Waals surface area contributed by atoms with Gasteiger partial charge in [0, 0.05) is 36.1 Å². The number of hydrazine groups is 1. The molecule has 0 aliphatic heterocycles. The molecular weight excluding hydrogens is 434 g/mol. The molecule has 1 amide bonds. The van der Waals surface area contributed by atoms with Crippen LogP contribution in [0.3, 0.4) is 0 Å². The normalized spacial score (nSPS) is 12.3. The minimum atomic E-state index is -4.00. The predicted molar refractivity (Wildman–Crippen MR) is 131 cm³/mol. The fourth-order valence-corrected chi connectivity index (χ4v) is 5.56. The van der Waals surface area contributed by atoms with Crippen LogP contribution in [0.25, 0.3) is 21.9 Å². The fourth-order valence-electron chi connectivity index (χ4n) is 4.49. The number of amides is 1. The van der Waals surface area contributed by atoms with E-state index < -0.39 is 15.9 Å². The molecule has 0 saturated heterocycles. The van der Waals surface area contributed by atoms with Crippen molar-refractivity contribution in [1.82, 2.24) is 10.3 Å². The summed E-state index contributed by atoms with van der Waals surface area (Å²) < 4.78 is 26.3. The smallest absolute Gasteiger partial charge is 0.266 e. The molecule has 6 nitrogen and oxygen atoms in total. The van der Waals surface area contributed by atoms with Crippen molar-refractivity contribution in [3.05, 3.63) is 95.6 Å². The summed E-state index contributed by atoms with van der Waals surface area (Å²) in [5.74, 6) is -0.488. The minimum absolute atomic E-state index is 0.106. The van der Waals surface area contributed by atoms with E-state index in [-0.39, 0.29) is 4.90 Å². The summed E-state index contributed by atoms with van der Waals surface area (Å²) in [6.07, 6.45) is 0.637. The van der Waals surface area contributed by atoms with Gasteiger partial charge in [0.2, 0.25) is 0 Å². The Morgan fingerprint density at radius 2 is 1.52 bits per heavy atom. The topological polar surface area (TPSA) is 78.5 Å². The van der Waals surface area contributed by atoms with Crippen molar-refractivity contribution in [2.24, 2.45) is 0 Å². The molecule has 166 valence electrons. The number of fused-ring (bicyclic) bond motifs is 4. The van der Waals surface area contributed by atoms with Crippen molar-refractivity contribution in [3.8, 4) is 11.1 Å². The van der Waals surface area contributed by atoms with E-state index in [1.54, 1.807) is 18.2 Å². The molecule has 0 unspecified atom stereocenters. The zero-order valence-corrected chi connectivity index (χ0v) is 19.1. The quantitative estimate of drug-likeness (QED) is 0.390. The lowest BCUT2D eigenvalue weighted by Gasteiger charge is -2.17. The number of nitrogens with zero attached hydrogens (tertiary/aromatic N) is 1. The molecule has 33 heavy (non-hydrogen) atoms. The first-order chi connectivity index (χ1) is 15.9. The van der Waals surface area contributed by atoms with E-state index in [9.17, 15) is 13.2 Å². The van der Waals surface area contributed by atoms with Crippen LogP contribution in [0.4, 0.5) is 5.69 Å². The molecule has 2 N–H and O–H groups in total. The molecule has 0 atom stereocenters. The predicted octanol–water partition coefficient (Wildman–Crippen LogP) is 4.10. The number of hydrogen-bond donors (Lipinski definition) is 2. The maximum atomic E-state index is 13.1. The van der Waals surface area contributed by atoms with Crippen molar-refractivity contribution in [2.75, 3.05) is 19.0 Å². The van der Waals surface area contributed by atoms with E-state index in [0.717, 1.165) is 33.3 Å². The molecule has 1 aliphatic rings. The van der Waals surface area contributed by atoms with E-state index in [2.05, 4.69) is 10.3 Å². The first-order valence-electron chi connectivity index (χ1n) is 10.6. The van der Waals surface area contributed by atoms with Crippen molar-refractivity contribution in [3.63, 3.8) is 0 Å². The molecule has 0 bridgehead atoms. The summed E-state index contributed by atoms with van der Waals surface area (Å²) in [5, 5.41) is 1.40. The molecular formula is C26H23N3O3S. The molecule has 7 heteroatoms. The number of hydrogen-bond acceptors (Lipinski definition) is 4. The van der Waals surface area contributed by atoms with Crippen molar-refractivity contribution < 1.29 is 13.2 Å². The lowest BCUT2D eigenvalue weighted by molar-refractivity contribution is 0.0944. The standard InChI is InChI=1S/C26H23N3O3S/c1-29(2)24-14-6-12-21-20(24)11-7-15-25(21)33(31,32)28-27-26(30)22-13-5-10-19-18-9-4-3-8-17(18)16-23(19)22/h3-15,28H,16H2,1-2H3,(H,27,30). The van der Waals surface area contributed by atoms with Gasteiger partial charge in [0.15, 0.2) is 0 Å². The molecule has 0 saturated carbocycles. The summed E-state index contributed by atoms with van der Waals surface area (Å²) in [6.45, 7) is 0. The van der Waals surface area contributed by atoms with Crippen LogP contribution in [-0.4, -0.2) is 28.4 Å². The Morgan fingerprint density at radius 1 is 0.818 bits per heavy atom. The number of sulfonamides is 1. The largest absolute Gasteiger partial charge is 0.377 e. The van der Waals surface area contributed by atoms with E-state index in [4.69, 9.17) is 0 Å². The average molecular weight is 458 g/mol. The Labute approximate surface area is 192 Å². The summed E-state index contributed by atoms with van der Waals surface area (Å²) in [5.41, 5.74) is 7.94. The molecule has 0 radical (unpaired) electrons. The molecule has 4 aromatic carbocycles. The second-order valence-corrected chi connectivity index (χ2v) is 9.90. The van der Waals surface area contributed by atoms with Crippen LogP contribution in [0.15, 0.2) is 83.8 Å². The molecule has 4 aromatic rings. The minimum Gasteiger partial charge on any atom is -0.377 e. The van der Waals surface area contributed by atoms with Crippen LogP contribution in [0.5, 0.6) is 0 Å². The highest BCUT2D eigenvalue weighted by Crippen LogP contribution is 2.38. The highest BCUT2D eigenvalue weighted by molar-refractivity contribution is 7.89. The van der Waals surface area contributed by atoms with Gasteiger partial charge in [-0.15, -0.1) is 4.83 Å². The van der Waals surface area contributed by atoms with Crippen LogP contribution in [0, 0.1) is 0 Å². The number of rotatable bonds is 5. The summed E-state index contributed by atoms with van der Waals surface area (Å²) in [4.78, 5) is 17.3. The second kappa shape index (κ2) is 8.03. The van der Waals surface area contributed by atoms with Gasteiger partial charge < -0.3 is 4.90 Å². The van der Waals surface area contributed by atoms with E-state index >= 15 is 0 Å². The SMILES string of the molecule is CN(C)c1cccc2c(S(=O)(=O)NNC(=O)c3cccc4c3Cc3ccccc3-4)cccc12. The van der Waals surface area contributed by atoms with Gasteiger partial charge in [-0.25, -0.2) is 8.42 Å². The number of carbonyl (C=O) groups is 1. The van der Waals surface area contributed by atoms with Gasteiger partial charge in [0.25, 0.3) is 15.9 Å². The third kappa shape index (κ3) is 3.65. The highest BCUT2D eigenvalue weighted by atomic mass is 32.2. The Bertz CT molecular complexity index is 1510. The molecule has 5 rings (SSSR count). The van der Waals surface area contributed by atoms with Gasteiger partial charge in [0.1, 0.15) is 0 Å². The summed E-state index contributed by atoms with van der Waals surface area (Å²) in [6, 6.07) is 24.2. The maximum Gasteiger partial charge on any atom is 0.266 e. The Hall–Kier alpha value is -3.68. The molecule has 0 spiro atoms. The van der Waals surface area contributed by atoms with Gasteiger partial charge >= 0.3 is 0 Å². The number of anilines is 1. The van der Waals surface area contributed by atoms with Crippen molar-refractivity contribution in [1.29, 1.82) is 0 Å². The van der Waals surface area contributed by atoms with Gasteiger partial charge in [-0.1, -0.05) is 60.7 Å². The third-order valence-electron chi connectivity index (χ3n) is 6.02. The lowest BCUT2D eigenvalue weighted by Crippen LogP contribution is -2.41. The monoisotopic (exact) mass is 457 g/mol. The second-order valence-electron chi connectivity index (χ2n) is 8.25. The van der Waals surface area contributed by atoms with Gasteiger partial charge in [-0.05, 0) is 46.9 Å². The number of nitrogens with one attached hydrogen (secondary N) is 2. The fraction of sp³-hybridized carbons (Fsp3) is 0.115. The van der Waals surface area contributed by atoms with Crippen LogP contribution < -0.4 is 15.2 Å². The first-order valence-corrected chi connectivity index (χ1v) is 12.1. The van der Waals surface area contributed by atoms with Crippen LogP contribution in [0.1, 0.15) is 21.5 Å². The van der Waals surface area contributed by atoms with Gasteiger partial charge in [-0.2, -0.15) is 0 Å². The lowest BCUT2D eigenvalue weighted by atomic mass is 10.0. The number of carbonyl (C=O) groups excluding carboxylic acids is 1. The zero-order valence-electron chi connectivity index (χ0n) is 18.3. The molecule has 0 aromatic heterocycles. The van der Waals surface area contributed by atoms with Crippen LogP contribution in [0.2, 0.25) is 0 Å². The molecule has 0 heterocycles. The average Bonchev–Trinajstić information content (AvgIpc) is 3.20. The Balaban J connectivity index is 1.43. The highest BCUT2D eigenvalue weighted by Gasteiger charge is 2.25. The Kier molecular flexibility index (Phi) is 5.15. The van der Waals surface area contributed by atoms with E-state index in [1.807, 2.05) is 73.6 Å². The Morgan fingerprint density at radius 3 is 2.33 bits per heavy atom. The van der Waals surface area contributed by atoms with Gasteiger partial charge in [0.05, 0.1) is 4.90 Å². The zero-order chi connectivity index (χ0) is 23.2. The first kappa shape index (κ1) is 21.2. The maximum absolute atomic E-state index is 13.1. The van der Waals surface area contributed by atoms with Crippen LogP contribution in [-0.2, 0) is 16.4 Å². The van der Waals surface area contributed by atoms with E-state index in [0.29, 0.717) is 17.4 Å². The van der Waals surface area contributed by atoms with Crippen molar-refractivity contribution in [2.45, 2.75) is 11.3 Å². The summed E-state index contributed by atoms with van der Waals surface area (Å²) in [7, 11) is -0.185. The van der Waals surface area contributed by atoms with E-state index in [1.165, 1.54) is 6.07 Å². The number of benzene rings is 4. The third-order valence-corrected chi connectivity index (χ3v) is 7.33. The van der Waals surface area contributed by atoms with Gasteiger partial charge in [-0.3, -0.25) is 10.2 Å².